The molecule has 1 aromatic carbocycles. The van der Waals surface area contributed by atoms with E-state index in [1.54, 1.807) is 0 Å². The Kier molecular flexibility index (Phi) is 3.89. The first kappa shape index (κ1) is 14.8. The number of hydrogen-bond donors (Lipinski definition) is 1. The van der Waals surface area contributed by atoms with Crippen LogP contribution in [0.4, 0.5) is 5.69 Å². The van der Waals surface area contributed by atoms with Gasteiger partial charge in [0.05, 0.1) is 10.9 Å². The summed E-state index contributed by atoms with van der Waals surface area (Å²) in [5, 5.41) is 3.68. The summed E-state index contributed by atoms with van der Waals surface area (Å²) in [6, 6.07) is 6.84. The van der Waals surface area contributed by atoms with Crippen molar-refractivity contribution in [3.8, 4) is 0 Å². The SMILES string of the molecule is CN1CCc2cc(/C=C3/SC(=NC4CCCC4)NC3=O)ccc21. The Balaban J connectivity index is 1.53. The Hall–Kier alpha value is -1.75. The quantitative estimate of drug-likeness (QED) is 0.849. The van der Waals surface area contributed by atoms with Crippen LogP contribution in [0.15, 0.2) is 28.1 Å². The highest BCUT2D eigenvalue weighted by molar-refractivity contribution is 8.18. The average molecular weight is 327 g/mol. The minimum Gasteiger partial charge on any atom is -0.374 e. The third-order valence-electron chi connectivity index (χ3n) is 4.80. The van der Waals surface area contributed by atoms with Crippen LogP contribution >= 0.6 is 11.8 Å². The molecule has 1 saturated heterocycles. The predicted molar refractivity (Wildman–Crippen MR) is 96.8 cm³/mol. The van der Waals surface area contributed by atoms with Gasteiger partial charge in [-0.2, -0.15) is 0 Å². The normalized spacial score (nSPS) is 24.7. The van der Waals surface area contributed by atoms with Gasteiger partial charge >= 0.3 is 0 Å². The van der Waals surface area contributed by atoms with Crippen molar-refractivity contribution in [3.05, 3.63) is 34.2 Å². The number of thioether (sulfide) groups is 1. The molecule has 0 radical (unpaired) electrons. The van der Waals surface area contributed by atoms with Crippen LogP contribution in [0.3, 0.4) is 0 Å². The molecule has 0 atom stereocenters. The number of nitrogens with one attached hydrogen (secondary N) is 1. The van der Waals surface area contributed by atoms with E-state index in [0.717, 1.165) is 41.4 Å². The fourth-order valence-corrected chi connectivity index (χ4v) is 4.41. The fourth-order valence-electron chi connectivity index (χ4n) is 3.52. The van der Waals surface area contributed by atoms with E-state index in [2.05, 4.69) is 40.5 Å². The molecule has 0 aromatic heterocycles. The van der Waals surface area contributed by atoms with E-state index in [0.29, 0.717) is 6.04 Å². The molecular formula is C18H21N3OS. The highest BCUT2D eigenvalue weighted by Gasteiger charge is 2.26. The second kappa shape index (κ2) is 6.04. The van der Waals surface area contributed by atoms with E-state index in [1.165, 1.54) is 35.9 Å². The lowest BCUT2D eigenvalue weighted by atomic mass is 10.1. The van der Waals surface area contributed by atoms with E-state index < -0.39 is 0 Å². The molecule has 2 fully saturated rings. The third kappa shape index (κ3) is 3.02. The Bertz CT molecular complexity index is 704. The van der Waals surface area contributed by atoms with Gasteiger partial charge in [-0.15, -0.1) is 0 Å². The monoisotopic (exact) mass is 327 g/mol. The van der Waals surface area contributed by atoms with E-state index in [9.17, 15) is 4.79 Å². The zero-order chi connectivity index (χ0) is 15.8. The van der Waals surface area contributed by atoms with Gasteiger partial charge in [-0.25, -0.2) is 0 Å². The van der Waals surface area contributed by atoms with Crippen LogP contribution in [-0.4, -0.2) is 30.7 Å². The molecule has 23 heavy (non-hydrogen) atoms. The first-order valence-electron chi connectivity index (χ1n) is 8.32. The number of hydrogen-bond acceptors (Lipinski definition) is 4. The summed E-state index contributed by atoms with van der Waals surface area (Å²) >= 11 is 1.47. The number of likely N-dealkylation sites (N-methyl/N-ethyl adjacent to an activating group) is 1. The summed E-state index contributed by atoms with van der Waals surface area (Å²) < 4.78 is 0. The number of rotatable bonds is 2. The largest absolute Gasteiger partial charge is 0.374 e. The van der Waals surface area contributed by atoms with Crippen molar-refractivity contribution in [1.29, 1.82) is 0 Å². The lowest BCUT2D eigenvalue weighted by molar-refractivity contribution is -0.115. The summed E-state index contributed by atoms with van der Waals surface area (Å²) in [5.74, 6) is -0.0237. The number of fused-ring (bicyclic) bond motifs is 1. The molecule has 2 heterocycles. The number of benzene rings is 1. The molecule has 1 N–H and O–H groups in total. The molecule has 0 spiro atoms. The molecule has 0 unspecified atom stereocenters. The van der Waals surface area contributed by atoms with Crippen molar-refractivity contribution >= 4 is 34.6 Å². The number of nitrogens with zero attached hydrogens (tertiary/aromatic N) is 2. The predicted octanol–water partition coefficient (Wildman–Crippen LogP) is 3.18. The van der Waals surface area contributed by atoms with Gasteiger partial charge in [-0.1, -0.05) is 18.9 Å². The lowest BCUT2D eigenvalue weighted by Gasteiger charge is -2.11. The second-order valence-electron chi connectivity index (χ2n) is 6.50. The highest BCUT2D eigenvalue weighted by atomic mass is 32.2. The molecule has 1 amide bonds. The Labute approximate surface area is 141 Å². The molecule has 0 bridgehead atoms. The fraction of sp³-hybridized carbons (Fsp3) is 0.444. The minimum absolute atomic E-state index is 0.0237. The van der Waals surface area contributed by atoms with Crippen LogP contribution in [0.2, 0.25) is 0 Å². The molecule has 1 saturated carbocycles. The van der Waals surface area contributed by atoms with Gasteiger partial charge in [0.25, 0.3) is 5.91 Å². The molecular weight excluding hydrogens is 306 g/mol. The number of carbonyl (C=O) groups excluding carboxylic acids is 1. The Morgan fingerprint density at radius 3 is 3.00 bits per heavy atom. The first-order chi connectivity index (χ1) is 11.2. The average Bonchev–Trinajstić information content (AvgIpc) is 3.23. The zero-order valence-electron chi connectivity index (χ0n) is 13.3. The summed E-state index contributed by atoms with van der Waals surface area (Å²) in [6.45, 7) is 1.07. The van der Waals surface area contributed by atoms with Gasteiger partial charge in [-0.3, -0.25) is 9.79 Å². The van der Waals surface area contributed by atoms with Crippen molar-refractivity contribution in [2.75, 3.05) is 18.5 Å². The third-order valence-corrected chi connectivity index (χ3v) is 5.73. The molecule has 1 aliphatic carbocycles. The van der Waals surface area contributed by atoms with Crippen molar-refractivity contribution in [1.82, 2.24) is 5.32 Å². The van der Waals surface area contributed by atoms with E-state index in [4.69, 9.17) is 0 Å². The summed E-state index contributed by atoms with van der Waals surface area (Å²) in [6.07, 6.45) is 7.87. The molecule has 4 rings (SSSR count). The molecule has 2 aliphatic heterocycles. The van der Waals surface area contributed by atoms with Crippen molar-refractivity contribution in [2.24, 2.45) is 4.99 Å². The van der Waals surface area contributed by atoms with Crippen LogP contribution in [0.25, 0.3) is 6.08 Å². The second-order valence-corrected chi connectivity index (χ2v) is 7.53. The van der Waals surface area contributed by atoms with Gasteiger partial charge in [-0.05, 0) is 60.4 Å². The van der Waals surface area contributed by atoms with E-state index in [-0.39, 0.29) is 5.91 Å². The maximum atomic E-state index is 12.2. The summed E-state index contributed by atoms with van der Waals surface area (Å²) in [5.41, 5.74) is 3.77. The van der Waals surface area contributed by atoms with Crippen LogP contribution in [0, 0.1) is 0 Å². The van der Waals surface area contributed by atoms with Crippen LogP contribution in [-0.2, 0) is 11.2 Å². The highest BCUT2D eigenvalue weighted by Crippen LogP contribution is 2.31. The number of anilines is 1. The maximum Gasteiger partial charge on any atom is 0.264 e. The van der Waals surface area contributed by atoms with Crippen LogP contribution in [0.1, 0.15) is 36.8 Å². The number of amidine groups is 1. The Morgan fingerprint density at radius 2 is 2.17 bits per heavy atom. The smallest absolute Gasteiger partial charge is 0.264 e. The number of amides is 1. The molecule has 120 valence electrons. The minimum atomic E-state index is -0.0237. The maximum absolute atomic E-state index is 12.2. The van der Waals surface area contributed by atoms with Gasteiger partial charge in [0.2, 0.25) is 0 Å². The van der Waals surface area contributed by atoms with E-state index in [1.807, 2.05) is 6.08 Å². The topological polar surface area (TPSA) is 44.7 Å². The van der Waals surface area contributed by atoms with Crippen molar-refractivity contribution in [3.63, 3.8) is 0 Å². The number of aliphatic imine (C=N–C) groups is 1. The van der Waals surface area contributed by atoms with Gasteiger partial charge < -0.3 is 10.2 Å². The number of carbonyl (C=O) groups is 1. The summed E-state index contributed by atoms with van der Waals surface area (Å²) in [7, 11) is 2.12. The molecule has 3 aliphatic rings. The van der Waals surface area contributed by atoms with Crippen molar-refractivity contribution < 1.29 is 4.79 Å². The molecule has 1 aromatic rings. The van der Waals surface area contributed by atoms with Gasteiger partial charge in [0.1, 0.15) is 0 Å². The molecule has 5 heteroatoms. The zero-order valence-corrected chi connectivity index (χ0v) is 14.2. The van der Waals surface area contributed by atoms with Crippen molar-refractivity contribution in [2.45, 2.75) is 38.1 Å². The lowest BCUT2D eigenvalue weighted by Crippen LogP contribution is -2.21. The summed E-state index contributed by atoms with van der Waals surface area (Å²) in [4.78, 5) is 19.9. The van der Waals surface area contributed by atoms with E-state index >= 15 is 0 Å². The van der Waals surface area contributed by atoms with Gasteiger partial charge in [0, 0.05) is 19.3 Å². The Morgan fingerprint density at radius 1 is 1.35 bits per heavy atom. The first-order valence-corrected chi connectivity index (χ1v) is 9.13. The standard InChI is InChI=1S/C18H21N3OS/c1-21-9-8-13-10-12(6-7-15(13)21)11-16-17(22)20-18(23-16)19-14-4-2-3-5-14/h6-7,10-11,14H,2-5,8-9H2,1H3,(H,19,20,22)/b16-11+. The van der Waals surface area contributed by atoms with Gasteiger partial charge in [0.15, 0.2) is 5.17 Å². The molecule has 4 nitrogen and oxygen atoms in total. The van der Waals surface area contributed by atoms with Crippen LogP contribution in [0.5, 0.6) is 0 Å². The van der Waals surface area contributed by atoms with Crippen LogP contribution < -0.4 is 10.2 Å².